The summed E-state index contributed by atoms with van der Waals surface area (Å²) in [5.74, 6) is -0.811. The highest BCUT2D eigenvalue weighted by Gasteiger charge is 2.30. The van der Waals surface area contributed by atoms with Crippen LogP contribution >= 0.6 is 0 Å². The van der Waals surface area contributed by atoms with E-state index in [9.17, 15) is 22.8 Å². The molecule has 2 aromatic rings. The number of rotatable bonds is 3. The molecular weight excluding hydrogens is 299 g/mol. The van der Waals surface area contributed by atoms with Crippen LogP contribution in [0.15, 0.2) is 47.4 Å². The van der Waals surface area contributed by atoms with Gasteiger partial charge in [-0.15, -0.1) is 0 Å². The Bertz CT molecular complexity index is 750. The molecule has 0 N–H and O–H groups in total. The minimum atomic E-state index is -4.52. The summed E-state index contributed by atoms with van der Waals surface area (Å²) in [4.78, 5) is 23.9. The Morgan fingerprint density at radius 2 is 1.95 bits per heavy atom. The van der Waals surface area contributed by atoms with E-state index in [-0.39, 0.29) is 17.9 Å². The molecule has 0 aliphatic carbocycles. The zero-order chi connectivity index (χ0) is 16.3. The molecule has 0 saturated heterocycles. The molecule has 2 rings (SSSR count). The van der Waals surface area contributed by atoms with Gasteiger partial charge in [0.15, 0.2) is 0 Å². The van der Waals surface area contributed by atoms with Crippen molar-refractivity contribution in [3.63, 3.8) is 0 Å². The third-order valence-electron chi connectivity index (χ3n) is 2.89. The molecule has 0 aliphatic rings. The predicted octanol–water partition coefficient (Wildman–Crippen LogP) is 3.03. The zero-order valence-electron chi connectivity index (χ0n) is 11.6. The number of alkyl halides is 3. The highest BCUT2D eigenvalue weighted by atomic mass is 19.4. The molecule has 4 nitrogen and oxygen atoms in total. The molecule has 1 heterocycles. The first-order chi connectivity index (χ1) is 10.3. The van der Waals surface area contributed by atoms with Crippen LogP contribution < -0.4 is 5.56 Å². The number of carbonyl (C=O) groups excluding carboxylic acids is 1. The molecule has 7 heteroatoms. The molecular formula is C15H12F3NO3. The number of hydrogen-bond acceptors (Lipinski definition) is 3. The Labute approximate surface area is 123 Å². The number of ether oxygens (including phenoxy) is 1. The highest BCUT2D eigenvalue weighted by Crippen LogP contribution is 2.30. The molecule has 22 heavy (non-hydrogen) atoms. The van der Waals surface area contributed by atoms with Gasteiger partial charge < -0.3 is 4.74 Å². The molecule has 0 atom stereocenters. The van der Waals surface area contributed by atoms with Gasteiger partial charge >= 0.3 is 12.1 Å². The number of halogens is 3. The van der Waals surface area contributed by atoms with Crippen molar-refractivity contribution in [2.75, 3.05) is 6.61 Å². The van der Waals surface area contributed by atoms with Crippen molar-refractivity contribution in [2.45, 2.75) is 13.1 Å². The topological polar surface area (TPSA) is 48.3 Å². The molecule has 0 aliphatic heterocycles. The van der Waals surface area contributed by atoms with Crippen molar-refractivity contribution < 1.29 is 22.7 Å². The lowest BCUT2D eigenvalue weighted by Gasteiger charge is -2.11. The second-order valence-electron chi connectivity index (χ2n) is 4.37. The largest absolute Gasteiger partial charge is 0.462 e. The quantitative estimate of drug-likeness (QED) is 0.819. The summed E-state index contributed by atoms with van der Waals surface area (Å²) in [6.07, 6.45) is -3.22. The first kappa shape index (κ1) is 15.8. The normalized spacial score (nSPS) is 11.3. The standard InChI is InChI=1S/C15H12F3NO3/c1-2-22-14(21)12-7-4-8-19(13(12)20)11-6-3-5-10(9-11)15(16,17)18/h3-9H,2H2,1H3. The summed E-state index contributed by atoms with van der Waals surface area (Å²) in [7, 11) is 0. The van der Waals surface area contributed by atoms with Crippen LogP contribution in [-0.2, 0) is 10.9 Å². The van der Waals surface area contributed by atoms with Crippen molar-refractivity contribution in [3.05, 3.63) is 64.1 Å². The van der Waals surface area contributed by atoms with Crippen molar-refractivity contribution in [3.8, 4) is 5.69 Å². The molecule has 0 saturated carbocycles. The third-order valence-corrected chi connectivity index (χ3v) is 2.89. The Balaban J connectivity index is 2.53. The number of benzene rings is 1. The first-order valence-corrected chi connectivity index (χ1v) is 6.41. The lowest BCUT2D eigenvalue weighted by atomic mass is 10.2. The molecule has 116 valence electrons. The molecule has 0 amide bonds. The summed E-state index contributed by atoms with van der Waals surface area (Å²) in [6.45, 7) is 1.68. The van der Waals surface area contributed by atoms with Crippen molar-refractivity contribution in [1.29, 1.82) is 0 Å². The number of carbonyl (C=O) groups is 1. The van der Waals surface area contributed by atoms with Gasteiger partial charge in [-0.05, 0) is 37.3 Å². The Hall–Kier alpha value is -2.57. The maximum atomic E-state index is 12.7. The number of aromatic nitrogens is 1. The van der Waals surface area contributed by atoms with Gasteiger partial charge in [-0.3, -0.25) is 9.36 Å². The van der Waals surface area contributed by atoms with Gasteiger partial charge in [0.05, 0.1) is 12.2 Å². The van der Waals surface area contributed by atoms with Gasteiger partial charge in [-0.25, -0.2) is 4.79 Å². The van der Waals surface area contributed by atoms with Crippen LogP contribution in [0.4, 0.5) is 13.2 Å². The van der Waals surface area contributed by atoms with E-state index >= 15 is 0 Å². The van der Waals surface area contributed by atoms with E-state index < -0.39 is 23.3 Å². The summed E-state index contributed by atoms with van der Waals surface area (Å²) in [5.41, 5.74) is -1.83. The zero-order valence-corrected chi connectivity index (χ0v) is 11.6. The Morgan fingerprint density at radius 1 is 1.23 bits per heavy atom. The van der Waals surface area contributed by atoms with Crippen LogP contribution in [-0.4, -0.2) is 17.1 Å². The molecule has 1 aromatic carbocycles. The summed E-state index contributed by atoms with van der Waals surface area (Å²) in [6, 6.07) is 6.96. The molecule has 0 radical (unpaired) electrons. The second-order valence-corrected chi connectivity index (χ2v) is 4.37. The smallest absolute Gasteiger partial charge is 0.416 e. The van der Waals surface area contributed by atoms with Crippen molar-refractivity contribution >= 4 is 5.97 Å². The van der Waals surface area contributed by atoms with E-state index in [2.05, 4.69) is 0 Å². The van der Waals surface area contributed by atoms with Gasteiger partial charge in [-0.2, -0.15) is 13.2 Å². The van der Waals surface area contributed by atoms with Crippen LogP contribution in [0.2, 0.25) is 0 Å². The summed E-state index contributed by atoms with van der Waals surface area (Å²) < 4.78 is 43.9. The van der Waals surface area contributed by atoms with Gasteiger partial charge in [0.2, 0.25) is 0 Å². The van der Waals surface area contributed by atoms with E-state index in [1.807, 2.05) is 0 Å². The average molecular weight is 311 g/mol. The van der Waals surface area contributed by atoms with E-state index in [0.29, 0.717) is 0 Å². The summed E-state index contributed by atoms with van der Waals surface area (Å²) in [5, 5.41) is 0. The summed E-state index contributed by atoms with van der Waals surface area (Å²) >= 11 is 0. The van der Waals surface area contributed by atoms with Gasteiger partial charge in [0.1, 0.15) is 5.56 Å². The van der Waals surface area contributed by atoms with E-state index in [1.54, 1.807) is 6.92 Å². The molecule has 1 aromatic heterocycles. The lowest BCUT2D eigenvalue weighted by molar-refractivity contribution is -0.137. The third kappa shape index (κ3) is 3.19. The van der Waals surface area contributed by atoms with Crippen LogP contribution in [0, 0.1) is 0 Å². The van der Waals surface area contributed by atoms with Gasteiger partial charge in [0.25, 0.3) is 5.56 Å². The maximum absolute atomic E-state index is 12.7. The highest BCUT2D eigenvalue weighted by molar-refractivity contribution is 5.89. The minimum absolute atomic E-state index is 0.0194. The molecule has 0 fully saturated rings. The van der Waals surface area contributed by atoms with Crippen LogP contribution in [0.5, 0.6) is 0 Å². The number of hydrogen-bond donors (Lipinski definition) is 0. The number of pyridine rings is 1. The van der Waals surface area contributed by atoms with Gasteiger partial charge in [0, 0.05) is 11.9 Å². The molecule has 0 unspecified atom stereocenters. The number of esters is 1. The van der Waals surface area contributed by atoms with Crippen molar-refractivity contribution in [2.24, 2.45) is 0 Å². The first-order valence-electron chi connectivity index (χ1n) is 6.41. The van der Waals surface area contributed by atoms with E-state index in [4.69, 9.17) is 4.74 Å². The fourth-order valence-corrected chi connectivity index (χ4v) is 1.89. The lowest BCUT2D eigenvalue weighted by Crippen LogP contribution is -2.25. The second kappa shape index (κ2) is 6.05. The molecule has 0 bridgehead atoms. The average Bonchev–Trinajstić information content (AvgIpc) is 2.47. The van der Waals surface area contributed by atoms with Crippen LogP contribution in [0.1, 0.15) is 22.8 Å². The SMILES string of the molecule is CCOC(=O)c1cccn(-c2cccc(C(F)(F)F)c2)c1=O. The fourth-order valence-electron chi connectivity index (χ4n) is 1.89. The molecule has 0 spiro atoms. The number of nitrogens with zero attached hydrogens (tertiary/aromatic N) is 1. The van der Waals surface area contributed by atoms with Crippen LogP contribution in [0.3, 0.4) is 0 Å². The Morgan fingerprint density at radius 3 is 2.59 bits per heavy atom. The van der Waals surface area contributed by atoms with E-state index in [1.165, 1.54) is 30.5 Å². The monoisotopic (exact) mass is 311 g/mol. The maximum Gasteiger partial charge on any atom is 0.416 e. The minimum Gasteiger partial charge on any atom is -0.462 e. The van der Waals surface area contributed by atoms with E-state index in [0.717, 1.165) is 16.7 Å². The van der Waals surface area contributed by atoms with Gasteiger partial charge in [-0.1, -0.05) is 6.07 Å². The van der Waals surface area contributed by atoms with Crippen molar-refractivity contribution in [1.82, 2.24) is 4.57 Å². The van der Waals surface area contributed by atoms with Crippen LogP contribution in [0.25, 0.3) is 5.69 Å². The predicted molar refractivity (Wildman–Crippen MR) is 73.0 cm³/mol. The fraction of sp³-hybridized carbons (Fsp3) is 0.200. The Kier molecular flexibility index (Phi) is 4.35.